The molecule has 0 heterocycles. The fourth-order valence-electron chi connectivity index (χ4n) is 1.07. The van der Waals surface area contributed by atoms with Crippen LogP contribution in [0.25, 0.3) is 0 Å². The first-order chi connectivity index (χ1) is 6.72. The van der Waals surface area contributed by atoms with E-state index in [4.69, 9.17) is 0 Å². The molecule has 78 valence electrons. The lowest BCUT2D eigenvalue weighted by atomic mass is 10.2. The average Bonchev–Trinajstić information content (AvgIpc) is 2.18. The first-order valence-electron chi connectivity index (χ1n) is 4.18. The Hall–Kier alpha value is -0.360. The van der Waals surface area contributed by atoms with Gasteiger partial charge in [0.25, 0.3) is 0 Å². The summed E-state index contributed by atoms with van der Waals surface area (Å²) < 4.78 is 22.7. The van der Waals surface area contributed by atoms with Gasteiger partial charge < -0.3 is 4.55 Å². The minimum absolute atomic E-state index is 0.453. The number of nitrogens with one attached hydrogen (secondary N) is 1. The summed E-state index contributed by atoms with van der Waals surface area (Å²) in [6.45, 7) is 0.453. The van der Waals surface area contributed by atoms with E-state index in [1.54, 1.807) is 11.8 Å². The zero-order valence-corrected chi connectivity index (χ0v) is 9.49. The van der Waals surface area contributed by atoms with Crippen LogP contribution >= 0.6 is 11.8 Å². The van der Waals surface area contributed by atoms with Crippen LogP contribution in [0.5, 0.6) is 0 Å². The maximum Gasteiger partial charge on any atom is 0.0181 e. The maximum atomic E-state index is 10.2. The van der Waals surface area contributed by atoms with E-state index in [9.17, 15) is 8.76 Å². The molecule has 0 saturated carbocycles. The van der Waals surface area contributed by atoms with E-state index in [1.165, 1.54) is 4.90 Å². The molecule has 5 heteroatoms. The molecule has 0 radical (unpaired) electrons. The molecule has 14 heavy (non-hydrogen) atoms. The Labute approximate surface area is 90.7 Å². The Balaban J connectivity index is 2.40. The van der Waals surface area contributed by atoms with Crippen LogP contribution in [0, 0.1) is 0 Å². The summed E-state index contributed by atoms with van der Waals surface area (Å²) in [6, 6.07) is 8.10. The number of hydrogen-bond acceptors (Lipinski definition) is 3. The molecule has 1 N–H and O–H groups in total. The van der Waals surface area contributed by atoms with Crippen LogP contribution < -0.4 is 4.72 Å². The Kier molecular flexibility index (Phi) is 5.17. The van der Waals surface area contributed by atoms with Crippen molar-refractivity contribution in [2.45, 2.75) is 11.3 Å². The Morgan fingerprint density at radius 1 is 1.43 bits per heavy atom. The van der Waals surface area contributed by atoms with E-state index >= 15 is 0 Å². The zero-order chi connectivity index (χ0) is 10.4. The lowest BCUT2D eigenvalue weighted by molar-refractivity contribution is 0.523. The third-order valence-electron chi connectivity index (χ3n) is 1.79. The van der Waals surface area contributed by atoms with Gasteiger partial charge >= 0.3 is 0 Å². The molecule has 1 atom stereocenters. The molecular formula is C9H12NO2S2-. The molecule has 0 bridgehead atoms. The number of thioether (sulfide) groups is 1. The predicted molar refractivity (Wildman–Crippen MR) is 58.8 cm³/mol. The van der Waals surface area contributed by atoms with Gasteiger partial charge in [0.2, 0.25) is 0 Å². The summed E-state index contributed by atoms with van der Waals surface area (Å²) in [5.41, 5.74) is 1.14. The summed E-state index contributed by atoms with van der Waals surface area (Å²) >= 11 is -0.457. The van der Waals surface area contributed by atoms with Crippen molar-refractivity contribution in [1.29, 1.82) is 0 Å². The van der Waals surface area contributed by atoms with Crippen molar-refractivity contribution < 1.29 is 8.76 Å². The third-order valence-corrected chi connectivity index (χ3v) is 2.98. The first kappa shape index (κ1) is 11.7. The Morgan fingerprint density at radius 3 is 2.57 bits per heavy atom. The number of rotatable bonds is 5. The highest BCUT2D eigenvalue weighted by Gasteiger charge is 1.93. The standard InChI is InChI=1S/C9H13NO2S2/c1-13-9-4-2-8(3-5-9)6-7-10-14(11)12/h2-5,10H,6-7H2,1H3,(H,11,12)/p-1. The summed E-state index contributed by atoms with van der Waals surface area (Å²) in [5, 5.41) is 0. The lowest BCUT2D eigenvalue weighted by Gasteiger charge is -2.06. The minimum Gasteiger partial charge on any atom is -0.760 e. The minimum atomic E-state index is -2.15. The lowest BCUT2D eigenvalue weighted by Crippen LogP contribution is -2.19. The summed E-state index contributed by atoms with van der Waals surface area (Å²) in [5.74, 6) is 0. The normalized spacial score (nSPS) is 12.7. The van der Waals surface area contributed by atoms with E-state index in [-0.39, 0.29) is 0 Å². The molecule has 1 aromatic carbocycles. The zero-order valence-electron chi connectivity index (χ0n) is 7.86. The first-order valence-corrected chi connectivity index (χ1v) is 6.48. The monoisotopic (exact) mass is 230 g/mol. The van der Waals surface area contributed by atoms with Gasteiger partial charge in [-0.25, -0.2) is 4.72 Å². The highest BCUT2D eigenvalue weighted by Crippen LogP contribution is 2.14. The van der Waals surface area contributed by atoms with Crippen molar-refractivity contribution in [3.05, 3.63) is 29.8 Å². The maximum absolute atomic E-state index is 10.2. The van der Waals surface area contributed by atoms with Crippen LogP contribution in [0.3, 0.4) is 0 Å². The van der Waals surface area contributed by atoms with Crippen LogP contribution in [0.15, 0.2) is 29.2 Å². The van der Waals surface area contributed by atoms with Gasteiger partial charge in [0, 0.05) is 22.7 Å². The molecule has 1 unspecified atom stereocenters. The molecule has 0 spiro atoms. The molecule has 0 aromatic heterocycles. The largest absolute Gasteiger partial charge is 0.760 e. The summed E-state index contributed by atoms with van der Waals surface area (Å²) in [7, 11) is 0. The van der Waals surface area contributed by atoms with Gasteiger partial charge in [-0.05, 0) is 30.4 Å². The molecule has 0 fully saturated rings. The van der Waals surface area contributed by atoms with Crippen molar-refractivity contribution in [2.24, 2.45) is 0 Å². The van der Waals surface area contributed by atoms with E-state index < -0.39 is 11.3 Å². The average molecular weight is 230 g/mol. The molecule has 1 aromatic rings. The molecule has 1 rings (SSSR count). The Bertz CT molecular complexity index is 300. The molecule has 0 aliphatic rings. The van der Waals surface area contributed by atoms with Crippen LogP contribution in [0.1, 0.15) is 5.56 Å². The van der Waals surface area contributed by atoms with Crippen molar-refractivity contribution in [2.75, 3.05) is 12.8 Å². The van der Waals surface area contributed by atoms with E-state index in [0.29, 0.717) is 6.54 Å². The van der Waals surface area contributed by atoms with Gasteiger partial charge in [0.05, 0.1) is 0 Å². The van der Waals surface area contributed by atoms with E-state index in [0.717, 1.165) is 12.0 Å². The van der Waals surface area contributed by atoms with E-state index in [1.807, 2.05) is 30.5 Å². The van der Waals surface area contributed by atoms with Crippen LogP contribution in [-0.4, -0.2) is 21.6 Å². The fourth-order valence-corrected chi connectivity index (χ4v) is 1.75. The van der Waals surface area contributed by atoms with Crippen molar-refractivity contribution in [1.82, 2.24) is 4.72 Å². The second-order valence-corrected chi connectivity index (χ2v) is 4.36. The molecular weight excluding hydrogens is 218 g/mol. The smallest absolute Gasteiger partial charge is 0.0181 e. The third kappa shape index (κ3) is 4.23. The molecule has 0 aliphatic heterocycles. The van der Waals surface area contributed by atoms with Crippen molar-refractivity contribution >= 4 is 23.0 Å². The molecule has 0 aliphatic carbocycles. The van der Waals surface area contributed by atoms with Gasteiger partial charge in [0.15, 0.2) is 0 Å². The van der Waals surface area contributed by atoms with Gasteiger partial charge in [-0.1, -0.05) is 12.1 Å². The quantitative estimate of drug-likeness (QED) is 0.613. The number of hydrogen-bond donors (Lipinski definition) is 1. The van der Waals surface area contributed by atoms with Crippen molar-refractivity contribution in [3.8, 4) is 0 Å². The van der Waals surface area contributed by atoms with Crippen molar-refractivity contribution in [3.63, 3.8) is 0 Å². The van der Waals surface area contributed by atoms with Gasteiger partial charge in [0.1, 0.15) is 0 Å². The van der Waals surface area contributed by atoms with Crippen LogP contribution in [0.2, 0.25) is 0 Å². The molecule has 3 nitrogen and oxygen atoms in total. The summed E-state index contributed by atoms with van der Waals surface area (Å²) in [4.78, 5) is 1.22. The topological polar surface area (TPSA) is 52.2 Å². The molecule has 0 amide bonds. The predicted octanol–water partition coefficient (Wildman–Crippen LogP) is 1.33. The highest BCUT2D eigenvalue weighted by atomic mass is 32.2. The van der Waals surface area contributed by atoms with Gasteiger partial charge in [-0.3, -0.25) is 4.21 Å². The molecule has 0 saturated heterocycles. The SMILES string of the molecule is CSc1ccc(CCNS(=O)[O-])cc1. The Morgan fingerprint density at radius 2 is 2.07 bits per heavy atom. The van der Waals surface area contributed by atoms with Crippen LogP contribution in [0.4, 0.5) is 0 Å². The van der Waals surface area contributed by atoms with Gasteiger partial charge in [-0.2, -0.15) is 0 Å². The fraction of sp³-hybridized carbons (Fsp3) is 0.333. The second kappa shape index (κ2) is 6.19. The highest BCUT2D eigenvalue weighted by molar-refractivity contribution is 7.98. The second-order valence-electron chi connectivity index (χ2n) is 2.73. The number of benzene rings is 1. The van der Waals surface area contributed by atoms with Crippen LogP contribution in [-0.2, 0) is 17.7 Å². The van der Waals surface area contributed by atoms with E-state index in [2.05, 4.69) is 4.72 Å². The summed E-state index contributed by atoms with van der Waals surface area (Å²) in [6.07, 6.45) is 2.75. The van der Waals surface area contributed by atoms with Gasteiger partial charge in [-0.15, -0.1) is 11.8 Å².